The Morgan fingerprint density at radius 3 is 2.41 bits per heavy atom. The SMILES string of the molecule is CN1CCC(n2c([C@@H](Cc3cc(Br)c(N)c(Br)c3)NC(=O)ON3CCC(N4CCc5ccccc5NC4=O)CC3)nc3ccccc32)CC1. The molecule has 13 heteroatoms. The summed E-state index contributed by atoms with van der Waals surface area (Å²) in [4.78, 5) is 42.2. The Morgan fingerprint density at radius 1 is 0.980 bits per heavy atom. The molecule has 1 aromatic heterocycles. The molecule has 2 fully saturated rings. The number of carbonyl (C=O) groups excluding carboxylic acids is 2. The first-order valence-corrected chi connectivity index (χ1v) is 18.6. The molecule has 1 atom stereocenters. The van der Waals surface area contributed by atoms with Gasteiger partial charge in [0.05, 0.1) is 22.8 Å². The van der Waals surface area contributed by atoms with E-state index < -0.39 is 12.1 Å². The number of carbonyl (C=O) groups is 2. The van der Waals surface area contributed by atoms with Gasteiger partial charge < -0.3 is 35.6 Å². The number of aromatic nitrogens is 2. The van der Waals surface area contributed by atoms with E-state index in [0.29, 0.717) is 44.6 Å². The van der Waals surface area contributed by atoms with Crippen LogP contribution in [0, 0.1) is 0 Å². The van der Waals surface area contributed by atoms with Crippen molar-refractivity contribution in [1.29, 1.82) is 0 Å². The van der Waals surface area contributed by atoms with Crippen LogP contribution in [0.15, 0.2) is 69.6 Å². The third-order valence-corrected chi connectivity index (χ3v) is 11.4. The van der Waals surface area contributed by atoms with Crippen molar-refractivity contribution < 1.29 is 14.4 Å². The quantitative estimate of drug-likeness (QED) is 0.175. The summed E-state index contributed by atoms with van der Waals surface area (Å²) in [6, 6.07) is 19.9. The Labute approximate surface area is 303 Å². The summed E-state index contributed by atoms with van der Waals surface area (Å²) in [6.07, 6.45) is 4.17. The Kier molecular flexibility index (Phi) is 10.1. The number of likely N-dealkylation sites (tertiary alicyclic amines) is 1. The van der Waals surface area contributed by atoms with E-state index in [-0.39, 0.29) is 18.1 Å². The van der Waals surface area contributed by atoms with Gasteiger partial charge in [-0.05, 0) is 126 Å². The monoisotopic (exact) mass is 792 g/mol. The molecular formula is C36H42Br2N8O3. The van der Waals surface area contributed by atoms with Crippen LogP contribution in [0.1, 0.15) is 54.7 Å². The van der Waals surface area contributed by atoms with Crippen LogP contribution < -0.4 is 16.4 Å². The number of halogens is 2. The van der Waals surface area contributed by atoms with Gasteiger partial charge in [-0.15, -0.1) is 5.06 Å². The lowest BCUT2D eigenvalue weighted by atomic mass is 10.0. The molecule has 4 aromatic rings. The highest BCUT2D eigenvalue weighted by molar-refractivity contribution is 9.11. The van der Waals surface area contributed by atoms with Gasteiger partial charge in [0.2, 0.25) is 0 Å². The molecule has 0 saturated carbocycles. The van der Waals surface area contributed by atoms with Gasteiger partial charge in [0.15, 0.2) is 0 Å². The number of hydrogen-bond donors (Lipinski definition) is 3. The summed E-state index contributed by atoms with van der Waals surface area (Å²) in [7, 11) is 2.16. The molecular weight excluding hydrogens is 752 g/mol. The van der Waals surface area contributed by atoms with Crippen molar-refractivity contribution in [3.05, 3.63) is 86.6 Å². The molecule has 0 spiro atoms. The van der Waals surface area contributed by atoms with Crippen LogP contribution in [-0.2, 0) is 17.7 Å². The van der Waals surface area contributed by atoms with Crippen molar-refractivity contribution >= 4 is 66.4 Å². The maximum Gasteiger partial charge on any atom is 0.426 e. The van der Waals surface area contributed by atoms with E-state index >= 15 is 0 Å². The highest BCUT2D eigenvalue weighted by atomic mass is 79.9. The van der Waals surface area contributed by atoms with Crippen LogP contribution in [0.4, 0.5) is 21.0 Å². The average molecular weight is 795 g/mol. The lowest BCUT2D eigenvalue weighted by Crippen LogP contribution is -2.49. The summed E-state index contributed by atoms with van der Waals surface area (Å²) in [5.74, 6) is 0.809. The second-order valence-electron chi connectivity index (χ2n) is 13.3. The number of anilines is 2. The fraction of sp³-hybridized carbons (Fsp3) is 0.417. The van der Waals surface area contributed by atoms with E-state index in [0.717, 1.165) is 75.0 Å². The number of nitrogens with two attached hydrogens (primary N) is 1. The van der Waals surface area contributed by atoms with Gasteiger partial charge in [-0.2, -0.15) is 0 Å². The van der Waals surface area contributed by atoms with Crippen molar-refractivity contribution in [3.8, 4) is 0 Å². The molecule has 3 aliphatic heterocycles. The van der Waals surface area contributed by atoms with Gasteiger partial charge in [-0.3, -0.25) is 0 Å². The minimum absolute atomic E-state index is 0.0710. The molecule has 3 aliphatic rings. The number of hydroxylamine groups is 2. The van der Waals surface area contributed by atoms with Gasteiger partial charge in [0.1, 0.15) is 5.82 Å². The molecule has 2 saturated heterocycles. The number of fused-ring (bicyclic) bond motifs is 2. The number of hydrogen-bond acceptors (Lipinski definition) is 7. The lowest BCUT2D eigenvalue weighted by molar-refractivity contribution is -0.120. The van der Waals surface area contributed by atoms with Crippen LogP contribution in [-0.4, -0.2) is 82.4 Å². The smallest absolute Gasteiger partial charge is 0.397 e. The highest BCUT2D eigenvalue weighted by Crippen LogP contribution is 2.35. The van der Waals surface area contributed by atoms with Crippen LogP contribution in [0.2, 0.25) is 0 Å². The Morgan fingerprint density at radius 2 is 1.65 bits per heavy atom. The van der Waals surface area contributed by atoms with E-state index in [1.807, 2.05) is 53.4 Å². The maximum atomic E-state index is 13.7. The molecule has 4 N–H and O–H groups in total. The van der Waals surface area contributed by atoms with Crippen molar-refractivity contribution in [2.45, 2.75) is 56.7 Å². The van der Waals surface area contributed by atoms with Gasteiger partial charge in [-0.25, -0.2) is 14.6 Å². The lowest BCUT2D eigenvalue weighted by Gasteiger charge is -2.37. The molecule has 0 radical (unpaired) electrons. The zero-order valence-corrected chi connectivity index (χ0v) is 30.7. The third kappa shape index (κ3) is 7.45. The number of para-hydroxylation sites is 3. The molecule has 4 heterocycles. The number of nitrogens with zero attached hydrogens (tertiary/aromatic N) is 5. The third-order valence-electron chi connectivity index (χ3n) is 10.1. The fourth-order valence-corrected chi connectivity index (χ4v) is 8.69. The van der Waals surface area contributed by atoms with E-state index in [1.165, 1.54) is 0 Å². The normalized spacial score (nSPS) is 18.9. The predicted octanol–water partition coefficient (Wildman–Crippen LogP) is 6.89. The maximum absolute atomic E-state index is 13.7. The Hall–Kier alpha value is -3.65. The summed E-state index contributed by atoms with van der Waals surface area (Å²) in [6.45, 7) is 3.72. The molecule has 7 rings (SSSR count). The Balaban J connectivity index is 1.08. The average Bonchev–Trinajstić information content (AvgIpc) is 3.39. The van der Waals surface area contributed by atoms with Crippen molar-refractivity contribution in [3.63, 3.8) is 0 Å². The zero-order valence-electron chi connectivity index (χ0n) is 27.6. The predicted molar refractivity (Wildman–Crippen MR) is 198 cm³/mol. The van der Waals surface area contributed by atoms with Crippen molar-refractivity contribution in [1.82, 2.24) is 29.7 Å². The largest absolute Gasteiger partial charge is 0.426 e. The molecule has 3 aromatic carbocycles. The van der Waals surface area contributed by atoms with Gasteiger partial charge in [0.25, 0.3) is 0 Å². The van der Waals surface area contributed by atoms with Crippen molar-refractivity contribution in [2.75, 3.05) is 50.8 Å². The second kappa shape index (κ2) is 14.7. The van der Waals surface area contributed by atoms with E-state index in [4.69, 9.17) is 15.6 Å². The summed E-state index contributed by atoms with van der Waals surface area (Å²) in [5, 5.41) is 7.99. The number of piperidine rings is 2. The molecule has 0 unspecified atom stereocenters. The van der Waals surface area contributed by atoms with Crippen LogP contribution in [0.5, 0.6) is 0 Å². The number of nitrogen functional groups attached to an aromatic ring is 1. The summed E-state index contributed by atoms with van der Waals surface area (Å²) in [5.41, 5.74) is 11.8. The van der Waals surface area contributed by atoms with Gasteiger partial charge >= 0.3 is 12.1 Å². The standard InChI is InChI=1S/C36H42Br2N8O3/c1-43-15-11-26(12-16-43)46-32-9-5-4-8-30(32)40-34(46)31(22-23-20-27(37)33(39)28(38)21-23)42-36(48)49-44-17-13-25(14-18-44)45-19-10-24-6-2-3-7-29(24)41-35(45)47/h2-9,20-21,25-26,31H,10-19,22,39H2,1H3,(H,41,47)(H,42,48)/t31-/m1/s1. The molecule has 0 aliphatic carbocycles. The van der Waals surface area contributed by atoms with Gasteiger partial charge in [0, 0.05) is 52.8 Å². The summed E-state index contributed by atoms with van der Waals surface area (Å²) >= 11 is 7.18. The van der Waals surface area contributed by atoms with Crippen LogP contribution >= 0.6 is 31.9 Å². The van der Waals surface area contributed by atoms with E-state index in [1.54, 1.807) is 5.06 Å². The fourth-order valence-electron chi connectivity index (χ4n) is 7.41. The minimum Gasteiger partial charge on any atom is -0.397 e. The second-order valence-corrected chi connectivity index (χ2v) is 15.0. The first-order valence-electron chi connectivity index (χ1n) is 17.0. The van der Waals surface area contributed by atoms with Crippen LogP contribution in [0.25, 0.3) is 11.0 Å². The highest BCUT2D eigenvalue weighted by Gasteiger charge is 2.33. The number of imidazole rings is 1. The Bertz CT molecular complexity index is 1810. The minimum atomic E-state index is -0.526. The van der Waals surface area contributed by atoms with Gasteiger partial charge in [-0.1, -0.05) is 30.3 Å². The van der Waals surface area contributed by atoms with E-state index in [2.05, 4.69) is 71.1 Å². The molecule has 11 nitrogen and oxygen atoms in total. The van der Waals surface area contributed by atoms with Crippen LogP contribution in [0.3, 0.4) is 0 Å². The number of amides is 3. The number of nitrogens with one attached hydrogen (secondary N) is 2. The number of benzene rings is 3. The molecule has 258 valence electrons. The zero-order chi connectivity index (χ0) is 34.1. The molecule has 3 amide bonds. The number of rotatable bonds is 7. The van der Waals surface area contributed by atoms with Crippen molar-refractivity contribution in [2.24, 2.45) is 0 Å². The first kappa shape index (κ1) is 33.8. The molecule has 0 bridgehead atoms. The topological polar surface area (TPSA) is 121 Å². The van der Waals surface area contributed by atoms with E-state index in [9.17, 15) is 9.59 Å². The summed E-state index contributed by atoms with van der Waals surface area (Å²) < 4.78 is 3.91. The first-order chi connectivity index (χ1) is 23.7. The number of urea groups is 1. The molecule has 49 heavy (non-hydrogen) atoms.